The molecule has 0 aromatic heterocycles. The molecule has 0 spiro atoms. The van der Waals surface area contributed by atoms with Crippen molar-refractivity contribution in [2.75, 3.05) is 7.05 Å². The summed E-state index contributed by atoms with van der Waals surface area (Å²) in [6, 6.07) is 10.3. The predicted octanol–water partition coefficient (Wildman–Crippen LogP) is 4.16. The van der Waals surface area contributed by atoms with Gasteiger partial charge in [0, 0.05) is 11.6 Å². The van der Waals surface area contributed by atoms with Crippen molar-refractivity contribution in [3.05, 3.63) is 35.9 Å². The first-order valence-corrected chi connectivity index (χ1v) is 7.94. The van der Waals surface area contributed by atoms with Gasteiger partial charge in [0.1, 0.15) is 0 Å². The Morgan fingerprint density at radius 3 is 2.60 bits per heavy atom. The Hall–Kier alpha value is -1.15. The lowest BCUT2D eigenvalue weighted by atomic mass is 9.85. The molecule has 1 aliphatic rings. The van der Waals surface area contributed by atoms with Crippen LogP contribution in [0.25, 0.3) is 0 Å². The van der Waals surface area contributed by atoms with Gasteiger partial charge in [0.2, 0.25) is 0 Å². The third-order valence-corrected chi connectivity index (χ3v) is 4.72. The minimum absolute atomic E-state index is 0.0210. The lowest BCUT2D eigenvalue weighted by molar-refractivity contribution is 0.0708. The number of carbonyl (C=O) groups excluding carboxylic acids is 1. The maximum atomic E-state index is 12.7. The van der Waals surface area contributed by atoms with Crippen LogP contribution in [0.3, 0.4) is 0 Å². The van der Waals surface area contributed by atoms with Crippen LogP contribution in [0.15, 0.2) is 30.3 Å². The first-order valence-electron chi connectivity index (χ1n) is 7.94. The molecule has 2 rings (SSSR count). The molecule has 0 aliphatic heterocycles. The van der Waals surface area contributed by atoms with E-state index in [1.807, 2.05) is 30.3 Å². The topological polar surface area (TPSA) is 20.3 Å². The Bertz CT molecular complexity index is 428. The van der Waals surface area contributed by atoms with Crippen LogP contribution in [0.2, 0.25) is 0 Å². The van der Waals surface area contributed by atoms with E-state index in [-0.39, 0.29) is 11.8 Å². The minimum atomic E-state index is 0.0210. The first-order chi connectivity index (χ1) is 9.63. The second-order valence-corrected chi connectivity index (χ2v) is 6.25. The molecule has 1 fully saturated rings. The molecule has 0 bridgehead atoms. The van der Waals surface area contributed by atoms with Gasteiger partial charge in [-0.05, 0) is 32.2 Å². The molecule has 1 aromatic rings. The van der Waals surface area contributed by atoms with Gasteiger partial charge in [-0.2, -0.15) is 0 Å². The number of carbonyl (C=O) groups is 1. The zero-order valence-electron chi connectivity index (χ0n) is 13.0. The smallest absolute Gasteiger partial charge is 0.179 e. The molecule has 0 N–H and O–H groups in total. The van der Waals surface area contributed by atoms with E-state index in [9.17, 15) is 4.79 Å². The maximum absolute atomic E-state index is 12.7. The molecule has 1 aliphatic carbocycles. The fourth-order valence-electron chi connectivity index (χ4n) is 3.48. The van der Waals surface area contributed by atoms with Crippen LogP contribution in [0.5, 0.6) is 0 Å². The van der Waals surface area contributed by atoms with Gasteiger partial charge in [-0.1, -0.05) is 57.0 Å². The molecule has 1 saturated carbocycles. The van der Waals surface area contributed by atoms with Crippen molar-refractivity contribution in [1.29, 1.82) is 0 Å². The maximum Gasteiger partial charge on any atom is 0.179 e. The summed E-state index contributed by atoms with van der Waals surface area (Å²) in [6.07, 6.45) is 5.99. The quantitative estimate of drug-likeness (QED) is 0.751. The van der Waals surface area contributed by atoms with Crippen LogP contribution in [0.1, 0.15) is 56.3 Å². The van der Waals surface area contributed by atoms with Crippen LogP contribution in [0, 0.1) is 5.92 Å². The minimum Gasteiger partial charge on any atom is -0.293 e. The molecule has 2 nitrogen and oxygen atoms in total. The lowest BCUT2D eigenvalue weighted by Crippen LogP contribution is -2.46. The standard InChI is InChI=1S/C18H27NO/c1-4-17(18(20)15-10-6-5-7-11-15)19(3)16-12-8-9-14(2)13-16/h5-7,10-11,14,16-17H,4,8-9,12-13H2,1-3H3. The molecule has 3 atom stereocenters. The third-order valence-electron chi connectivity index (χ3n) is 4.72. The number of likely N-dealkylation sites (N-methyl/N-ethyl adjacent to an activating group) is 1. The highest BCUT2D eigenvalue weighted by atomic mass is 16.1. The van der Waals surface area contributed by atoms with E-state index in [1.165, 1.54) is 25.7 Å². The summed E-state index contributed by atoms with van der Waals surface area (Å²) in [7, 11) is 2.14. The Balaban J connectivity index is 2.09. The van der Waals surface area contributed by atoms with Gasteiger partial charge in [-0.25, -0.2) is 0 Å². The largest absolute Gasteiger partial charge is 0.293 e. The monoisotopic (exact) mass is 273 g/mol. The second-order valence-electron chi connectivity index (χ2n) is 6.25. The normalized spacial score (nSPS) is 24.6. The zero-order chi connectivity index (χ0) is 14.5. The SMILES string of the molecule is CCC(C(=O)c1ccccc1)N(C)C1CCCC(C)C1. The molecular weight excluding hydrogens is 246 g/mol. The van der Waals surface area contributed by atoms with Crippen LogP contribution in [0.4, 0.5) is 0 Å². The van der Waals surface area contributed by atoms with Crippen molar-refractivity contribution in [1.82, 2.24) is 4.90 Å². The first kappa shape index (κ1) is 15.2. The molecule has 3 unspecified atom stereocenters. The lowest BCUT2D eigenvalue weighted by Gasteiger charge is -2.38. The van der Waals surface area contributed by atoms with Crippen molar-refractivity contribution in [2.45, 2.75) is 58.0 Å². The summed E-state index contributed by atoms with van der Waals surface area (Å²) in [5.74, 6) is 1.06. The van der Waals surface area contributed by atoms with Crippen LogP contribution in [-0.4, -0.2) is 29.8 Å². The van der Waals surface area contributed by atoms with Crippen LogP contribution >= 0.6 is 0 Å². The Morgan fingerprint density at radius 1 is 1.30 bits per heavy atom. The van der Waals surface area contributed by atoms with Gasteiger partial charge < -0.3 is 0 Å². The molecule has 1 aromatic carbocycles. The van der Waals surface area contributed by atoms with Gasteiger partial charge in [-0.15, -0.1) is 0 Å². The molecule has 0 heterocycles. The Kier molecular flexibility index (Phi) is 5.36. The van der Waals surface area contributed by atoms with E-state index >= 15 is 0 Å². The molecule has 2 heteroatoms. The van der Waals surface area contributed by atoms with E-state index < -0.39 is 0 Å². The molecule has 0 radical (unpaired) electrons. The van der Waals surface area contributed by atoms with Gasteiger partial charge in [0.15, 0.2) is 5.78 Å². The molecule has 110 valence electrons. The van der Waals surface area contributed by atoms with Gasteiger partial charge in [-0.3, -0.25) is 9.69 Å². The Morgan fingerprint density at radius 2 is 2.00 bits per heavy atom. The van der Waals surface area contributed by atoms with Gasteiger partial charge in [0.05, 0.1) is 6.04 Å². The number of benzene rings is 1. The summed E-state index contributed by atoms with van der Waals surface area (Å²) in [5.41, 5.74) is 0.843. The number of hydrogen-bond acceptors (Lipinski definition) is 2. The predicted molar refractivity (Wildman–Crippen MR) is 84.0 cm³/mol. The fourth-order valence-corrected chi connectivity index (χ4v) is 3.48. The summed E-state index contributed by atoms with van der Waals surface area (Å²) in [5, 5.41) is 0. The average molecular weight is 273 g/mol. The highest BCUT2D eigenvalue weighted by Gasteiger charge is 2.30. The molecule has 0 saturated heterocycles. The second kappa shape index (κ2) is 7.03. The number of hydrogen-bond donors (Lipinski definition) is 0. The van der Waals surface area contributed by atoms with Crippen LogP contribution in [-0.2, 0) is 0 Å². The summed E-state index contributed by atoms with van der Waals surface area (Å²) in [4.78, 5) is 15.0. The van der Waals surface area contributed by atoms with E-state index in [0.29, 0.717) is 6.04 Å². The highest BCUT2D eigenvalue weighted by molar-refractivity contribution is 6.00. The molecular formula is C18H27NO. The summed E-state index contributed by atoms with van der Waals surface area (Å²) < 4.78 is 0. The van der Waals surface area contributed by atoms with Crippen molar-refractivity contribution >= 4 is 5.78 Å². The number of Topliss-reactive ketones (excluding diaryl/α,β-unsaturated/α-hetero) is 1. The van der Waals surface area contributed by atoms with E-state index in [4.69, 9.17) is 0 Å². The van der Waals surface area contributed by atoms with Gasteiger partial charge >= 0.3 is 0 Å². The number of nitrogens with zero attached hydrogens (tertiary/aromatic N) is 1. The van der Waals surface area contributed by atoms with Crippen molar-refractivity contribution in [3.63, 3.8) is 0 Å². The number of rotatable bonds is 5. The third kappa shape index (κ3) is 3.49. The van der Waals surface area contributed by atoms with E-state index in [1.54, 1.807) is 0 Å². The molecule has 0 amide bonds. The van der Waals surface area contributed by atoms with Crippen LogP contribution < -0.4 is 0 Å². The van der Waals surface area contributed by atoms with E-state index in [0.717, 1.165) is 17.9 Å². The highest BCUT2D eigenvalue weighted by Crippen LogP contribution is 2.28. The molecule has 20 heavy (non-hydrogen) atoms. The van der Waals surface area contributed by atoms with Gasteiger partial charge in [0.25, 0.3) is 0 Å². The summed E-state index contributed by atoms with van der Waals surface area (Å²) >= 11 is 0. The fraction of sp³-hybridized carbons (Fsp3) is 0.611. The van der Waals surface area contributed by atoms with Crippen molar-refractivity contribution < 1.29 is 4.79 Å². The Labute approximate surface area is 123 Å². The zero-order valence-corrected chi connectivity index (χ0v) is 13.0. The van der Waals surface area contributed by atoms with Crippen molar-refractivity contribution in [3.8, 4) is 0 Å². The van der Waals surface area contributed by atoms with Crippen molar-refractivity contribution in [2.24, 2.45) is 5.92 Å². The average Bonchev–Trinajstić information content (AvgIpc) is 2.48. The number of ketones is 1. The summed E-state index contributed by atoms with van der Waals surface area (Å²) in [6.45, 7) is 4.45. The van der Waals surface area contributed by atoms with E-state index in [2.05, 4.69) is 25.8 Å².